The second kappa shape index (κ2) is 18.5. The highest BCUT2D eigenvalue weighted by molar-refractivity contribution is 5.87. The molecule has 3 aliphatic rings. The minimum Gasteiger partial charge on any atom is -0.504 e. The van der Waals surface area contributed by atoms with E-state index >= 15 is 0 Å². The molecular weight excluding hydrogens is 736 g/mol. The SMILES string of the molecule is COc1cc(/C=C/C(=O)O[C@H]2[C@H](O[C@@H]3O[C@@H](C)[C@H](O)[C@@H](O)[C@H]3O)[C@@H](O)[C@H](OCCc3ccc(O)c(O)c3)O[C@@H]2COC2O[C@H](C)[C@H](O)[C@H](O)[C@H]2O)ccc1O. The maximum Gasteiger partial charge on any atom is 0.331 e. The Balaban J connectivity index is 1.43. The highest BCUT2D eigenvalue weighted by Gasteiger charge is 2.53. The highest BCUT2D eigenvalue weighted by Crippen LogP contribution is 2.33. The number of phenolic OH excluding ortho intramolecular Hbond substituents is 3. The number of aromatic hydroxyl groups is 3. The van der Waals surface area contributed by atoms with Crippen LogP contribution >= 0.6 is 0 Å². The predicted molar refractivity (Wildman–Crippen MR) is 183 cm³/mol. The summed E-state index contributed by atoms with van der Waals surface area (Å²) in [5.41, 5.74) is 0.963. The second-order valence-corrected chi connectivity index (χ2v) is 13.4. The molecule has 19 nitrogen and oxygen atoms in total. The molecular formula is C36H48O19. The molecule has 0 radical (unpaired) electrons. The molecule has 0 amide bonds. The van der Waals surface area contributed by atoms with E-state index in [0.29, 0.717) is 11.1 Å². The Bertz CT molecular complexity index is 1610. The number of phenols is 3. The maximum absolute atomic E-state index is 13.4. The molecule has 0 spiro atoms. The van der Waals surface area contributed by atoms with Gasteiger partial charge in [0.05, 0.1) is 32.5 Å². The van der Waals surface area contributed by atoms with E-state index in [-0.39, 0.29) is 36.0 Å². The fourth-order valence-corrected chi connectivity index (χ4v) is 6.24. The Hall–Kier alpha value is -3.67. The van der Waals surface area contributed by atoms with Crippen molar-refractivity contribution in [3.8, 4) is 23.0 Å². The Morgan fingerprint density at radius 2 is 1.31 bits per heavy atom. The summed E-state index contributed by atoms with van der Waals surface area (Å²) in [5, 5.41) is 104. The van der Waals surface area contributed by atoms with Crippen molar-refractivity contribution < 1.29 is 93.8 Å². The van der Waals surface area contributed by atoms with Gasteiger partial charge in [-0.1, -0.05) is 12.1 Å². The quantitative estimate of drug-likeness (QED) is 0.0605. The van der Waals surface area contributed by atoms with Gasteiger partial charge in [0.15, 0.2) is 48.0 Å². The summed E-state index contributed by atoms with van der Waals surface area (Å²) in [6.07, 6.45) is -20.8. The van der Waals surface area contributed by atoms with Crippen LogP contribution in [0, 0.1) is 0 Å². The fourth-order valence-electron chi connectivity index (χ4n) is 6.24. The van der Waals surface area contributed by atoms with Gasteiger partial charge < -0.3 is 89.0 Å². The van der Waals surface area contributed by atoms with Crippen LogP contribution in [0.4, 0.5) is 0 Å². The third-order valence-electron chi connectivity index (χ3n) is 9.53. The molecule has 19 heteroatoms. The summed E-state index contributed by atoms with van der Waals surface area (Å²) in [6, 6.07) is 8.39. The van der Waals surface area contributed by atoms with E-state index in [9.17, 15) is 55.9 Å². The van der Waals surface area contributed by atoms with Crippen molar-refractivity contribution in [2.75, 3.05) is 20.3 Å². The molecule has 3 saturated heterocycles. The zero-order valence-electron chi connectivity index (χ0n) is 30.0. The van der Waals surface area contributed by atoms with Crippen LogP contribution in [0.5, 0.6) is 23.0 Å². The van der Waals surface area contributed by atoms with Gasteiger partial charge in [0, 0.05) is 6.08 Å². The first-order chi connectivity index (χ1) is 26.1. The van der Waals surface area contributed by atoms with Crippen LogP contribution in [-0.4, -0.2) is 169 Å². The number of aliphatic hydroxyl groups excluding tert-OH is 7. The van der Waals surface area contributed by atoms with Crippen LogP contribution in [0.3, 0.4) is 0 Å². The second-order valence-electron chi connectivity index (χ2n) is 13.4. The molecule has 1 unspecified atom stereocenters. The third-order valence-corrected chi connectivity index (χ3v) is 9.53. The standard InChI is InChI=1S/C36H48O19/c1-15-25(41)27(43)29(45)34(51-15)50-14-23-32(54-24(40)9-6-17-5-8-20(38)22(13-17)48-3)33(55-36-30(46)28(44)26(42)16(2)52-36)31(47)35(53-23)49-11-10-18-4-7-19(37)21(39)12-18/h4-9,12-13,15-16,23,25-39,41-47H,10-11,14H2,1-3H3/b9-6+/t15-,16+,23-,25+,26+,27+,28-,29-,30-,31-,32-,33-,34?,35-,36+/m1/s1. The lowest BCUT2D eigenvalue weighted by molar-refractivity contribution is -0.363. The Labute approximate surface area is 315 Å². The summed E-state index contributed by atoms with van der Waals surface area (Å²) in [6.45, 7) is 2.11. The van der Waals surface area contributed by atoms with Crippen molar-refractivity contribution >= 4 is 12.0 Å². The predicted octanol–water partition coefficient (Wildman–Crippen LogP) is -1.86. The summed E-state index contributed by atoms with van der Waals surface area (Å²) >= 11 is 0. The number of hydrogen-bond acceptors (Lipinski definition) is 19. The van der Waals surface area contributed by atoms with E-state index in [4.69, 9.17) is 37.9 Å². The molecule has 0 saturated carbocycles. The van der Waals surface area contributed by atoms with Gasteiger partial charge in [0.2, 0.25) is 0 Å². The number of aliphatic hydroxyl groups is 7. The van der Waals surface area contributed by atoms with Crippen molar-refractivity contribution in [2.24, 2.45) is 0 Å². The average Bonchev–Trinajstić information content (AvgIpc) is 3.16. The van der Waals surface area contributed by atoms with Crippen LogP contribution < -0.4 is 4.74 Å². The summed E-state index contributed by atoms with van der Waals surface area (Å²) in [5.74, 6) is -1.72. The van der Waals surface area contributed by atoms with Crippen molar-refractivity contribution in [3.05, 3.63) is 53.6 Å². The van der Waals surface area contributed by atoms with Gasteiger partial charge in [0.1, 0.15) is 54.9 Å². The third kappa shape index (κ3) is 10.0. The zero-order valence-corrected chi connectivity index (χ0v) is 30.0. The van der Waals surface area contributed by atoms with Crippen LogP contribution in [0.15, 0.2) is 42.5 Å². The van der Waals surface area contributed by atoms with Crippen LogP contribution in [0.1, 0.15) is 25.0 Å². The Kier molecular flexibility index (Phi) is 14.3. The molecule has 306 valence electrons. The van der Waals surface area contributed by atoms with Gasteiger partial charge in [0.25, 0.3) is 0 Å². The van der Waals surface area contributed by atoms with E-state index in [1.807, 2.05) is 0 Å². The van der Waals surface area contributed by atoms with Gasteiger partial charge in [-0.25, -0.2) is 4.79 Å². The number of hydrogen-bond donors (Lipinski definition) is 10. The van der Waals surface area contributed by atoms with E-state index in [1.165, 1.54) is 63.4 Å². The van der Waals surface area contributed by atoms with Crippen LogP contribution in [-0.2, 0) is 44.4 Å². The molecule has 0 aromatic heterocycles. The van der Waals surface area contributed by atoms with Crippen LogP contribution in [0.25, 0.3) is 6.08 Å². The average molecular weight is 785 g/mol. The number of ether oxygens (including phenoxy) is 8. The molecule has 0 bridgehead atoms. The molecule has 5 rings (SSSR count). The number of esters is 1. The molecule has 3 heterocycles. The molecule has 55 heavy (non-hydrogen) atoms. The number of carbonyl (C=O) groups excluding carboxylic acids is 1. The van der Waals surface area contributed by atoms with Gasteiger partial charge in [-0.3, -0.25) is 0 Å². The lowest BCUT2D eigenvalue weighted by Crippen LogP contribution is -2.65. The summed E-state index contributed by atoms with van der Waals surface area (Å²) < 4.78 is 45.7. The summed E-state index contributed by atoms with van der Waals surface area (Å²) in [4.78, 5) is 13.4. The van der Waals surface area contributed by atoms with E-state index in [2.05, 4.69) is 0 Å². The minimum absolute atomic E-state index is 0.130. The van der Waals surface area contributed by atoms with E-state index in [1.54, 1.807) is 0 Å². The molecule has 3 fully saturated rings. The van der Waals surface area contributed by atoms with E-state index < -0.39 is 105 Å². The number of rotatable bonds is 13. The molecule has 2 aromatic rings. The Morgan fingerprint density at radius 1 is 0.691 bits per heavy atom. The molecule has 0 aliphatic carbocycles. The van der Waals surface area contributed by atoms with Gasteiger partial charge >= 0.3 is 5.97 Å². The monoisotopic (exact) mass is 784 g/mol. The molecule has 10 N–H and O–H groups in total. The molecule has 3 aliphatic heterocycles. The summed E-state index contributed by atoms with van der Waals surface area (Å²) in [7, 11) is 1.34. The maximum atomic E-state index is 13.4. The first-order valence-electron chi connectivity index (χ1n) is 17.5. The largest absolute Gasteiger partial charge is 0.504 e. The highest BCUT2D eigenvalue weighted by atomic mass is 16.8. The van der Waals surface area contributed by atoms with Crippen molar-refractivity contribution in [3.63, 3.8) is 0 Å². The van der Waals surface area contributed by atoms with E-state index in [0.717, 1.165) is 6.08 Å². The minimum atomic E-state index is -1.85. The fraction of sp³-hybridized carbons (Fsp3) is 0.583. The molecule has 15 atom stereocenters. The van der Waals surface area contributed by atoms with Crippen molar-refractivity contribution in [2.45, 2.75) is 112 Å². The van der Waals surface area contributed by atoms with Gasteiger partial charge in [-0.2, -0.15) is 0 Å². The topological polar surface area (TPSA) is 293 Å². The zero-order chi connectivity index (χ0) is 40.1. The van der Waals surface area contributed by atoms with Crippen LogP contribution in [0.2, 0.25) is 0 Å². The number of carbonyl (C=O) groups is 1. The number of benzene rings is 2. The van der Waals surface area contributed by atoms with Crippen molar-refractivity contribution in [1.29, 1.82) is 0 Å². The van der Waals surface area contributed by atoms with Gasteiger partial charge in [-0.05, 0) is 61.7 Å². The van der Waals surface area contributed by atoms with Crippen molar-refractivity contribution in [1.82, 2.24) is 0 Å². The first-order valence-corrected chi connectivity index (χ1v) is 17.5. The van der Waals surface area contributed by atoms with Gasteiger partial charge in [-0.15, -0.1) is 0 Å². The first kappa shape index (κ1) is 42.5. The lowest BCUT2D eigenvalue weighted by Gasteiger charge is -2.47. The normalized spacial score (nSPS) is 36.8. The number of methoxy groups -OCH3 is 1. The smallest absolute Gasteiger partial charge is 0.331 e. The lowest BCUT2D eigenvalue weighted by atomic mass is 9.96. The Morgan fingerprint density at radius 3 is 1.96 bits per heavy atom. The molecule has 2 aromatic carbocycles.